The van der Waals surface area contributed by atoms with Crippen molar-refractivity contribution in [2.24, 2.45) is 0 Å². The van der Waals surface area contributed by atoms with Crippen molar-refractivity contribution < 1.29 is 0 Å². The van der Waals surface area contributed by atoms with Gasteiger partial charge in [0.25, 0.3) is 0 Å². The number of hydrogen-bond donors (Lipinski definition) is 2. The number of benzene rings is 1. The average Bonchev–Trinajstić information content (AvgIpc) is 3.04. The van der Waals surface area contributed by atoms with Crippen molar-refractivity contribution >= 4 is 16.7 Å². The van der Waals surface area contributed by atoms with Crippen LogP contribution in [0, 0.1) is 0 Å². The van der Waals surface area contributed by atoms with Crippen molar-refractivity contribution in [2.75, 3.05) is 5.32 Å². The second kappa shape index (κ2) is 5.14. The number of anilines is 1. The van der Waals surface area contributed by atoms with E-state index < -0.39 is 0 Å². The molecule has 4 nitrogen and oxygen atoms in total. The summed E-state index contributed by atoms with van der Waals surface area (Å²) in [7, 11) is 0. The zero-order valence-corrected chi connectivity index (χ0v) is 13.0. The summed E-state index contributed by atoms with van der Waals surface area (Å²) in [6.45, 7) is 9.17. The molecule has 1 aromatic heterocycles. The minimum atomic E-state index is 0.00959. The molecule has 0 fully saturated rings. The fourth-order valence-electron chi connectivity index (χ4n) is 2.24. The summed E-state index contributed by atoms with van der Waals surface area (Å²) in [6.07, 6.45) is 0. The Balaban J connectivity index is 1.66. The predicted octanol–water partition coefficient (Wildman–Crippen LogP) is 3.05. The summed E-state index contributed by atoms with van der Waals surface area (Å²) in [5, 5.41) is 7.63. The quantitative estimate of drug-likeness (QED) is 0.911. The van der Waals surface area contributed by atoms with Gasteiger partial charge in [-0.3, -0.25) is 0 Å². The van der Waals surface area contributed by atoms with E-state index in [0.717, 1.165) is 30.6 Å². The highest BCUT2D eigenvalue weighted by atomic mass is 32.1. The third kappa shape index (κ3) is 2.83. The fourth-order valence-corrected chi connectivity index (χ4v) is 2.99. The molecule has 3 rings (SSSR count). The molecule has 106 valence electrons. The lowest BCUT2D eigenvalue weighted by atomic mass is 9.96. The molecule has 0 amide bonds. The highest BCUT2D eigenvalue weighted by molar-refractivity contribution is 7.09. The smallest absolute Gasteiger partial charge is 0.202 e. The number of fused-ring (bicyclic) bond motifs is 1. The third-order valence-corrected chi connectivity index (χ3v) is 4.11. The van der Waals surface area contributed by atoms with E-state index in [-0.39, 0.29) is 5.41 Å². The van der Waals surface area contributed by atoms with E-state index in [1.165, 1.54) is 28.2 Å². The van der Waals surface area contributed by atoms with Gasteiger partial charge in [-0.2, -0.15) is 4.37 Å². The van der Waals surface area contributed by atoms with Crippen LogP contribution in [0.4, 0.5) is 5.13 Å². The molecule has 20 heavy (non-hydrogen) atoms. The molecule has 0 unspecified atom stereocenters. The van der Waals surface area contributed by atoms with Gasteiger partial charge < -0.3 is 10.6 Å². The molecule has 1 aromatic carbocycles. The van der Waals surface area contributed by atoms with Gasteiger partial charge in [-0.1, -0.05) is 39.0 Å². The van der Waals surface area contributed by atoms with Gasteiger partial charge in [0.15, 0.2) is 0 Å². The Bertz CT molecular complexity index is 613. The summed E-state index contributed by atoms with van der Waals surface area (Å²) in [5.41, 5.74) is 4.13. The first kappa shape index (κ1) is 13.5. The van der Waals surface area contributed by atoms with Crippen molar-refractivity contribution in [3.63, 3.8) is 0 Å². The Hall–Kier alpha value is -1.46. The zero-order valence-electron chi connectivity index (χ0n) is 12.2. The van der Waals surface area contributed by atoms with Gasteiger partial charge in [0.2, 0.25) is 5.13 Å². The van der Waals surface area contributed by atoms with Crippen LogP contribution in [-0.4, -0.2) is 9.36 Å². The molecule has 0 aliphatic carbocycles. The molecule has 1 aliphatic heterocycles. The number of aromatic nitrogens is 2. The zero-order chi connectivity index (χ0) is 14.2. The van der Waals surface area contributed by atoms with Gasteiger partial charge in [-0.05, 0) is 16.7 Å². The van der Waals surface area contributed by atoms with Crippen molar-refractivity contribution in [3.8, 4) is 0 Å². The average molecular weight is 288 g/mol. The third-order valence-electron chi connectivity index (χ3n) is 3.44. The van der Waals surface area contributed by atoms with Crippen LogP contribution < -0.4 is 10.6 Å². The molecule has 0 saturated carbocycles. The van der Waals surface area contributed by atoms with Gasteiger partial charge >= 0.3 is 0 Å². The molecule has 1 aliphatic rings. The summed E-state index contributed by atoms with van der Waals surface area (Å²) < 4.78 is 4.42. The number of rotatable bonds is 3. The van der Waals surface area contributed by atoms with E-state index in [9.17, 15) is 0 Å². The first-order chi connectivity index (χ1) is 9.52. The van der Waals surface area contributed by atoms with E-state index >= 15 is 0 Å². The Morgan fingerprint density at radius 1 is 1.25 bits per heavy atom. The van der Waals surface area contributed by atoms with Gasteiger partial charge in [0.05, 0.1) is 0 Å². The van der Waals surface area contributed by atoms with Gasteiger partial charge in [0.1, 0.15) is 5.82 Å². The number of hydrogen-bond acceptors (Lipinski definition) is 5. The monoisotopic (exact) mass is 288 g/mol. The molecule has 2 N–H and O–H groups in total. The number of nitrogens with one attached hydrogen (secondary N) is 2. The van der Waals surface area contributed by atoms with Crippen molar-refractivity contribution in [1.29, 1.82) is 0 Å². The summed E-state index contributed by atoms with van der Waals surface area (Å²) in [6, 6.07) is 6.67. The van der Waals surface area contributed by atoms with Crippen molar-refractivity contribution in [3.05, 3.63) is 40.7 Å². The van der Waals surface area contributed by atoms with Crippen LogP contribution in [0.25, 0.3) is 0 Å². The maximum atomic E-state index is 4.55. The second-order valence-corrected chi connectivity index (χ2v) is 6.99. The molecule has 2 heterocycles. The highest BCUT2D eigenvalue weighted by Gasteiger charge is 2.19. The largest absolute Gasteiger partial charge is 0.356 e. The second-order valence-electron chi connectivity index (χ2n) is 6.23. The lowest BCUT2D eigenvalue weighted by molar-refractivity contribution is 0.555. The molecule has 5 heteroatoms. The van der Waals surface area contributed by atoms with Crippen LogP contribution in [0.15, 0.2) is 18.2 Å². The van der Waals surface area contributed by atoms with E-state index in [4.69, 9.17) is 0 Å². The van der Waals surface area contributed by atoms with Crippen LogP contribution in [0.2, 0.25) is 0 Å². The fraction of sp³-hybridized carbons (Fsp3) is 0.467. The molecular weight excluding hydrogens is 268 g/mol. The topological polar surface area (TPSA) is 49.8 Å². The van der Waals surface area contributed by atoms with Crippen molar-refractivity contribution in [1.82, 2.24) is 14.7 Å². The van der Waals surface area contributed by atoms with E-state index in [1.807, 2.05) is 0 Å². The minimum Gasteiger partial charge on any atom is -0.356 e. The Morgan fingerprint density at radius 2 is 2.05 bits per heavy atom. The summed E-state index contributed by atoms with van der Waals surface area (Å²) >= 11 is 1.44. The molecule has 0 bridgehead atoms. The van der Waals surface area contributed by atoms with E-state index in [1.54, 1.807) is 0 Å². The van der Waals surface area contributed by atoms with Crippen LogP contribution in [0.3, 0.4) is 0 Å². The SMILES string of the molecule is CC(C)(C)c1nsc(NCc2ccc3c(c2)CNC3)n1. The standard InChI is InChI=1S/C15H20N4S/c1-15(2,3)13-18-14(20-19-13)17-7-10-4-5-11-8-16-9-12(11)6-10/h4-6,16H,7-9H2,1-3H3,(H,17,18,19). The summed E-state index contributed by atoms with van der Waals surface area (Å²) in [4.78, 5) is 4.55. The normalized spacial score (nSPS) is 14.3. The Labute approximate surface area is 123 Å². The first-order valence-corrected chi connectivity index (χ1v) is 7.69. The predicted molar refractivity (Wildman–Crippen MR) is 82.9 cm³/mol. The van der Waals surface area contributed by atoms with Crippen LogP contribution in [0.5, 0.6) is 0 Å². The maximum Gasteiger partial charge on any atom is 0.202 e. The molecule has 0 saturated heterocycles. The molecular formula is C15H20N4S. The van der Waals surface area contributed by atoms with E-state index in [2.05, 4.69) is 59.0 Å². The first-order valence-electron chi connectivity index (χ1n) is 6.92. The van der Waals surface area contributed by atoms with Crippen LogP contribution in [0.1, 0.15) is 43.3 Å². The minimum absolute atomic E-state index is 0.00959. The van der Waals surface area contributed by atoms with Crippen molar-refractivity contribution in [2.45, 2.75) is 45.8 Å². The van der Waals surface area contributed by atoms with Crippen LogP contribution >= 0.6 is 11.5 Å². The summed E-state index contributed by atoms with van der Waals surface area (Å²) in [5.74, 6) is 0.906. The van der Waals surface area contributed by atoms with Gasteiger partial charge in [-0.15, -0.1) is 0 Å². The molecule has 0 spiro atoms. The lowest BCUT2D eigenvalue weighted by Gasteiger charge is -2.12. The molecule has 2 aromatic rings. The Kier molecular flexibility index (Phi) is 3.48. The number of nitrogens with zero attached hydrogens (tertiary/aromatic N) is 2. The lowest BCUT2D eigenvalue weighted by Crippen LogP contribution is -2.13. The van der Waals surface area contributed by atoms with Crippen LogP contribution in [-0.2, 0) is 25.0 Å². The molecule has 0 radical (unpaired) electrons. The van der Waals surface area contributed by atoms with E-state index in [0.29, 0.717) is 0 Å². The maximum absolute atomic E-state index is 4.55. The van der Waals surface area contributed by atoms with Gasteiger partial charge in [0, 0.05) is 36.6 Å². The Morgan fingerprint density at radius 3 is 2.80 bits per heavy atom. The molecule has 0 atom stereocenters. The van der Waals surface area contributed by atoms with Gasteiger partial charge in [-0.25, -0.2) is 4.98 Å². The highest BCUT2D eigenvalue weighted by Crippen LogP contribution is 2.23.